The van der Waals surface area contributed by atoms with Crippen molar-refractivity contribution < 1.29 is 17.2 Å². The van der Waals surface area contributed by atoms with Gasteiger partial charge in [-0.05, 0) is 37.3 Å². The van der Waals surface area contributed by atoms with Gasteiger partial charge in [-0.3, -0.25) is 4.72 Å². The number of thiazole rings is 1. The van der Waals surface area contributed by atoms with Crippen LogP contribution in [0.1, 0.15) is 24.1 Å². The van der Waals surface area contributed by atoms with Crippen molar-refractivity contribution in [1.29, 1.82) is 5.26 Å². The van der Waals surface area contributed by atoms with E-state index in [4.69, 9.17) is 16.9 Å². The van der Waals surface area contributed by atoms with Crippen molar-refractivity contribution in [3.8, 4) is 6.07 Å². The molecule has 0 bridgehead atoms. The Morgan fingerprint density at radius 3 is 2.66 bits per heavy atom. The Morgan fingerprint density at radius 1 is 1.24 bits per heavy atom. The molecular weight excluding hydrogens is 442 g/mol. The molecular formula is C18H13ClF2N4O2S2. The van der Waals surface area contributed by atoms with E-state index >= 15 is 0 Å². The SMILES string of the molecule is C[C@H](Nc1cc(F)c(S(=O)(=O)Nc2cscn2)cc1Cl)c1cc(C#N)ccc1F. The average molecular weight is 455 g/mol. The number of anilines is 2. The van der Waals surface area contributed by atoms with E-state index in [2.05, 4.69) is 15.0 Å². The fraction of sp³-hybridized carbons (Fsp3) is 0.111. The molecule has 0 fully saturated rings. The number of hydrogen-bond acceptors (Lipinski definition) is 6. The standard InChI is InChI=1S/C18H13ClF2N4O2S2/c1-10(12-4-11(7-22)2-3-14(12)20)24-16-6-15(21)17(5-13(16)19)29(26,27)25-18-8-28-9-23-18/h2-6,8-10,24-25H,1H3/t10-/m0/s1. The maximum atomic E-state index is 14.6. The van der Waals surface area contributed by atoms with Crippen LogP contribution in [-0.4, -0.2) is 13.4 Å². The van der Waals surface area contributed by atoms with E-state index in [1.165, 1.54) is 34.4 Å². The monoisotopic (exact) mass is 454 g/mol. The molecule has 2 aromatic carbocycles. The molecule has 0 saturated carbocycles. The quantitative estimate of drug-likeness (QED) is 0.551. The van der Waals surface area contributed by atoms with Gasteiger partial charge in [0.1, 0.15) is 16.5 Å². The highest BCUT2D eigenvalue weighted by molar-refractivity contribution is 7.92. The van der Waals surface area contributed by atoms with Gasteiger partial charge in [-0.25, -0.2) is 22.2 Å². The lowest BCUT2D eigenvalue weighted by Gasteiger charge is -2.18. The minimum atomic E-state index is -4.24. The molecule has 1 atom stereocenters. The van der Waals surface area contributed by atoms with Crippen LogP contribution in [0.2, 0.25) is 5.02 Å². The molecule has 0 aliphatic carbocycles. The Kier molecular flexibility index (Phi) is 6.02. The molecule has 0 aliphatic heterocycles. The molecule has 0 spiro atoms. The molecule has 3 rings (SSSR count). The number of nitrogens with zero attached hydrogens (tertiary/aromatic N) is 2. The summed E-state index contributed by atoms with van der Waals surface area (Å²) in [6, 6.07) is 7.00. The van der Waals surface area contributed by atoms with Gasteiger partial charge in [-0.2, -0.15) is 5.26 Å². The van der Waals surface area contributed by atoms with Gasteiger partial charge in [-0.1, -0.05) is 11.6 Å². The molecule has 1 aromatic heterocycles. The smallest absolute Gasteiger partial charge is 0.266 e. The summed E-state index contributed by atoms with van der Waals surface area (Å²) in [5.74, 6) is -1.53. The van der Waals surface area contributed by atoms with Crippen molar-refractivity contribution >= 4 is 44.5 Å². The van der Waals surface area contributed by atoms with Gasteiger partial charge in [0.05, 0.1) is 33.9 Å². The third kappa shape index (κ3) is 4.64. The molecule has 150 valence electrons. The van der Waals surface area contributed by atoms with Crippen molar-refractivity contribution in [2.45, 2.75) is 17.9 Å². The number of benzene rings is 2. The molecule has 0 radical (unpaired) electrons. The first kappa shape index (κ1) is 21.0. The van der Waals surface area contributed by atoms with Gasteiger partial charge in [0, 0.05) is 10.9 Å². The third-order valence-corrected chi connectivity index (χ3v) is 6.21. The average Bonchev–Trinajstić information content (AvgIpc) is 3.16. The molecule has 0 aliphatic rings. The van der Waals surface area contributed by atoms with Crippen LogP contribution in [-0.2, 0) is 10.0 Å². The van der Waals surface area contributed by atoms with Crippen LogP contribution in [0.3, 0.4) is 0 Å². The van der Waals surface area contributed by atoms with Gasteiger partial charge >= 0.3 is 0 Å². The number of hydrogen-bond donors (Lipinski definition) is 2. The number of nitrogens with one attached hydrogen (secondary N) is 2. The number of rotatable bonds is 6. The van der Waals surface area contributed by atoms with E-state index in [1.807, 2.05) is 6.07 Å². The molecule has 0 amide bonds. The largest absolute Gasteiger partial charge is 0.377 e. The summed E-state index contributed by atoms with van der Waals surface area (Å²) in [5.41, 5.74) is 1.95. The molecule has 2 N–H and O–H groups in total. The third-order valence-electron chi connectivity index (χ3n) is 3.95. The molecule has 0 unspecified atom stereocenters. The molecule has 0 saturated heterocycles. The van der Waals surface area contributed by atoms with Crippen molar-refractivity contribution in [2.75, 3.05) is 10.0 Å². The first-order valence-electron chi connectivity index (χ1n) is 8.07. The van der Waals surface area contributed by atoms with Gasteiger partial charge in [0.2, 0.25) is 0 Å². The van der Waals surface area contributed by atoms with Gasteiger partial charge in [0.25, 0.3) is 10.0 Å². The molecule has 29 heavy (non-hydrogen) atoms. The zero-order chi connectivity index (χ0) is 21.2. The highest BCUT2D eigenvalue weighted by atomic mass is 35.5. The van der Waals surface area contributed by atoms with Crippen molar-refractivity contribution in [1.82, 2.24) is 4.98 Å². The van der Waals surface area contributed by atoms with E-state index in [1.54, 1.807) is 6.92 Å². The predicted molar refractivity (Wildman–Crippen MR) is 107 cm³/mol. The highest BCUT2D eigenvalue weighted by Gasteiger charge is 2.23. The summed E-state index contributed by atoms with van der Waals surface area (Å²) < 4.78 is 55.6. The predicted octanol–water partition coefficient (Wildman–Crippen LogP) is 4.92. The first-order valence-corrected chi connectivity index (χ1v) is 10.9. The van der Waals surface area contributed by atoms with Gasteiger partial charge < -0.3 is 5.32 Å². The van der Waals surface area contributed by atoms with Crippen LogP contribution < -0.4 is 10.0 Å². The van der Waals surface area contributed by atoms with Crippen molar-refractivity contribution in [3.63, 3.8) is 0 Å². The van der Waals surface area contributed by atoms with Crippen LogP contribution >= 0.6 is 22.9 Å². The van der Waals surface area contributed by atoms with Crippen LogP contribution in [0.5, 0.6) is 0 Å². The second-order valence-corrected chi connectivity index (χ2v) is 8.73. The maximum absolute atomic E-state index is 14.6. The Balaban J connectivity index is 1.89. The second-order valence-electron chi connectivity index (χ2n) is 5.96. The lowest BCUT2D eigenvalue weighted by molar-refractivity contribution is 0.570. The zero-order valence-corrected chi connectivity index (χ0v) is 17.2. The van der Waals surface area contributed by atoms with Crippen LogP contribution in [0.4, 0.5) is 20.3 Å². The van der Waals surface area contributed by atoms with Crippen LogP contribution in [0.25, 0.3) is 0 Å². The second kappa shape index (κ2) is 8.32. The maximum Gasteiger partial charge on any atom is 0.266 e. The van der Waals surface area contributed by atoms with Crippen molar-refractivity contribution in [3.05, 3.63) is 69.0 Å². The number of nitriles is 1. The van der Waals surface area contributed by atoms with E-state index in [0.29, 0.717) is 0 Å². The lowest BCUT2D eigenvalue weighted by atomic mass is 10.0. The van der Waals surface area contributed by atoms with E-state index in [-0.39, 0.29) is 27.7 Å². The van der Waals surface area contributed by atoms with Gasteiger partial charge in [0.15, 0.2) is 5.82 Å². The summed E-state index contributed by atoms with van der Waals surface area (Å²) in [7, 11) is -4.24. The molecule has 11 heteroatoms. The summed E-state index contributed by atoms with van der Waals surface area (Å²) in [6.07, 6.45) is 0. The highest BCUT2D eigenvalue weighted by Crippen LogP contribution is 2.32. The summed E-state index contributed by atoms with van der Waals surface area (Å²) in [4.78, 5) is 3.15. The first-order chi connectivity index (χ1) is 13.7. The molecule has 1 heterocycles. The summed E-state index contributed by atoms with van der Waals surface area (Å²) >= 11 is 7.31. The number of aromatic nitrogens is 1. The molecule has 6 nitrogen and oxygen atoms in total. The Bertz CT molecular complexity index is 1200. The summed E-state index contributed by atoms with van der Waals surface area (Å²) in [6.45, 7) is 1.60. The number of sulfonamides is 1. The Morgan fingerprint density at radius 2 is 2.00 bits per heavy atom. The van der Waals surface area contributed by atoms with Gasteiger partial charge in [-0.15, -0.1) is 11.3 Å². The van der Waals surface area contributed by atoms with Crippen LogP contribution in [0, 0.1) is 23.0 Å². The van der Waals surface area contributed by atoms with Crippen molar-refractivity contribution in [2.24, 2.45) is 0 Å². The fourth-order valence-electron chi connectivity index (χ4n) is 2.56. The molecule has 3 aromatic rings. The normalized spacial score (nSPS) is 12.2. The fourth-order valence-corrected chi connectivity index (χ4v) is 4.48. The van der Waals surface area contributed by atoms with E-state index in [9.17, 15) is 17.2 Å². The lowest BCUT2D eigenvalue weighted by Crippen LogP contribution is -2.16. The van der Waals surface area contributed by atoms with E-state index < -0.39 is 32.6 Å². The van der Waals surface area contributed by atoms with E-state index in [0.717, 1.165) is 18.2 Å². The minimum Gasteiger partial charge on any atom is -0.377 e. The Labute approximate surface area is 174 Å². The Hall–Kier alpha value is -2.74. The number of halogens is 3. The zero-order valence-electron chi connectivity index (χ0n) is 14.8. The topological polar surface area (TPSA) is 94.9 Å². The van der Waals surface area contributed by atoms with Crippen LogP contribution in [0.15, 0.2) is 46.1 Å². The minimum absolute atomic E-state index is 0.0641. The summed E-state index contributed by atoms with van der Waals surface area (Å²) in [5, 5.41) is 13.2.